The van der Waals surface area contributed by atoms with Gasteiger partial charge in [-0.25, -0.2) is 8.42 Å². The highest BCUT2D eigenvalue weighted by Crippen LogP contribution is 2.27. The monoisotopic (exact) mass is 478 g/mol. The van der Waals surface area contributed by atoms with E-state index in [1.165, 1.54) is 23.3 Å². The summed E-state index contributed by atoms with van der Waals surface area (Å²) < 4.78 is 33.6. The van der Waals surface area contributed by atoms with Crippen molar-refractivity contribution in [1.29, 1.82) is 0 Å². The highest BCUT2D eigenvalue weighted by atomic mass is 32.2. The number of amides is 1. The molecule has 0 saturated heterocycles. The molecule has 1 atom stereocenters. The lowest BCUT2D eigenvalue weighted by Crippen LogP contribution is -2.41. The Morgan fingerprint density at radius 1 is 1.00 bits per heavy atom. The molecule has 0 unspecified atom stereocenters. The average Bonchev–Trinajstić information content (AvgIpc) is 3.31. The van der Waals surface area contributed by atoms with Crippen molar-refractivity contribution in [2.75, 3.05) is 17.5 Å². The molecule has 1 aliphatic rings. The molecule has 6 nitrogen and oxygen atoms in total. The lowest BCUT2D eigenvalue weighted by molar-refractivity contribution is -0.120. The van der Waals surface area contributed by atoms with Gasteiger partial charge in [0.2, 0.25) is 5.91 Å². The number of nitrogens with one attached hydrogen (secondary N) is 1. The second-order valence-electron chi connectivity index (χ2n) is 8.42. The van der Waals surface area contributed by atoms with Crippen LogP contribution in [-0.2, 0) is 27.7 Å². The molecule has 0 fully saturated rings. The van der Waals surface area contributed by atoms with E-state index in [0.29, 0.717) is 18.0 Å². The Balaban J connectivity index is 1.55. The van der Waals surface area contributed by atoms with Crippen molar-refractivity contribution < 1.29 is 17.9 Å². The predicted octanol–water partition coefficient (Wildman–Crippen LogP) is 4.65. The minimum Gasteiger partial charge on any atom is -0.494 e. The molecular weight excluding hydrogens is 448 g/mol. The van der Waals surface area contributed by atoms with Crippen LogP contribution in [-0.4, -0.2) is 27.5 Å². The van der Waals surface area contributed by atoms with Gasteiger partial charge in [-0.1, -0.05) is 36.4 Å². The number of hydrogen-bond donors (Lipinski definition) is 1. The zero-order valence-electron chi connectivity index (χ0n) is 19.5. The summed E-state index contributed by atoms with van der Waals surface area (Å²) in [5.41, 5.74) is 4.16. The van der Waals surface area contributed by atoms with Gasteiger partial charge in [-0.3, -0.25) is 9.10 Å². The topological polar surface area (TPSA) is 75.7 Å². The molecule has 1 aliphatic carbocycles. The van der Waals surface area contributed by atoms with Crippen LogP contribution in [0.15, 0.2) is 77.7 Å². The van der Waals surface area contributed by atoms with E-state index in [1.807, 2.05) is 19.9 Å². The third kappa shape index (κ3) is 5.25. The van der Waals surface area contributed by atoms with Gasteiger partial charge < -0.3 is 10.1 Å². The van der Waals surface area contributed by atoms with E-state index < -0.39 is 10.0 Å². The van der Waals surface area contributed by atoms with Crippen LogP contribution in [0.3, 0.4) is 0 Å². The van der Waals surface area contributed by atoms with E-state index in [2.05, 4.69) is 17.4 Å². The molecule has 0 radical (unpaired) electrons. The molecule has 0 aliphatic heterocycles. The average molecular weight is 479 g/mol. The van der Waals surface area contributed by atoms with Crippen LogP contribution < -0.4 is 14.4 Å². The number of rotatable bonds is 9. The molecule has 4 rings (SSSR count). The Hall–Kier alpha value is -3.32. The van der Waals surface area contributed by atoms with E-state index in [4.69, 9.17) is 4.74 Å². The van der Waals surface area contributed by atoms with E-state index in [0.717, 1.165) is 29.1 Å². The lowest BCUT2D eigenvalue weighted by Gasteiger charge is -2.25. The van der Waals surface area contributed by atoms with Gasteiger partial charge in [0.25, 0.3) is 10.0 Å². The summed E-state index contributed by atoms with van der Waals surface area (Å²) in [5.74, 6) is 0.222. The van der Waals surface area contributed by atoms with Gasteiger partial charge in [-0.15, -0.1) is 0 Å². The van der Waals surface area contributed by atoms with Gasteiger partial charge in [0, 0.05) is 0 Å². The quantitative estimate of drug-likeness (QED) is 0.486. The molecule has 0 heterocycles. The minimum atomic E-state index is -3.97. The first-order chi connectivity index (χ1) is 16.4. The van der Waals surface area contributed by atoms with E-state index in [-0.39, 0.29) is 23.4 Å². The molecule has 3 aromatic carbocycles. The van der Waals surface area contributed by atoms with Gasteiger partial charge in [0.1, 0.15) is 12.3 Å². The molecule has 7 heteroatoms. The fourth-order valence-electron chi connectivity index (χ4n) is 4.27. The SMILES string of the molecule is CCOc1ccc(S(=O)(=O)N(CC(=O)N[C@@H](C)c2ccc3c(c2)CCC3)c2ccccc2)cc1. The molecule has 0 saturated carbocycles. The molecular formula is C27H30N2O4S. The summed E-state index contributed by atoms with van der Waals surface area (Å²) >= 11 is 0. The largest absolute Gasteiger partial charge is 0.494 e. The number of nitrogens with zero attached hydrogens (tertiary/aromatic N) is 1. The summed E-state index contributed by atoms with van der Waals surface area (Å²) in [6.45, 7) is 3.95. The molecule has 34 heavy (non-hydrogen) atoms. The van der Waals surface area contributed by atoms with Crippen LogP contribution in [0.1, 0.15) is 43.0 Å². The van der Waals surface area contributed by atoms with Gasteiger partial charge >= 0.3 is 0 Å². The second kappa shape index (κ2) is 10.3. The van der Waals surface area contributed by atoms with Gasteiger partial charge in [0.15, 0.2) is 0 Å². The molecule has 1 N–H and O–H groups in total. The number of fused-ring (bicyclic) bond motifs is 1. The molecule has 0 aromatic heterocycles. The van der Waals surface area contributed by atoms with Crippen LogP contribution in [0, 0.1) is 0 Å². The number of anilines is 1. The maximum Gasteiger partial charge on any atom is 0.264 e. The first-order valence-corrected chi connectivity index (χ1v) is 13.0. The number of sulfonamides is 1. The van der Waals surface area contributed by atoms with Gasteiger partial charge in [-0.05, 0) is 86.2 Å². The van der Waals surface area contributed by atoms with Gasteiger partial charge in [0.05, 0.1) is 23.2 Å². The summed E-state index contributed by atoms with van der Waals surface area (Å²) in [4.78, 5) is 13.1. The summed E-state index contributed by atoms with van der Waals surface area (Å²) in [5, 5.41) is 2.97. The number of carbonyl (C=O) groups is 1. The number of carbonyl (C=O) groups excluding carboxylic acids is 1. The third-order valence-corrected chi connectivity index (χ3v) is 7.84. The first-order valence-electron chi connectivity index (χ1n) is 11.6. The number of benzene rings is 3. The normalized spacial score (nSPS) is 13.7. The molecule has 1 amide bonds. The Morgan fingerprint density at radius 3 is 2.41 bits per heavy atom. The summed E-state index contributed by atoms with van der Waals surface area (Å²) in [7, 11) is -3.97. The molecule has 3 aromatic rings. The summed E-state index contributed by atoms with van der Waals surface area (Å²) in [6, 6.07) is 21.0. The van der Waals surface area contributed by atoms with Crippen molar-refractivity contribution in [3.63, 3.8) is 0 Å². The minimum absolute atomic E-state index is 0.0966. The third-order valence-electron chi connectivity index (χ3n) is 6.05. The molecule has 0 bridgehead atoms. The maximum absolute atomic E-state index is 13.5. The highest BCUT2D eigenvalue weighted by molar-refractivity contribution is 7.92. The maximum atomic E-state index is 13.5. The Bertz CT molecular complexity index is 1240. The first kappa shape index (κ1) is 23.8. The molecule has 0 spiro atoms. The predicted molar refractivity (Wildman–Crippen MR) is 134 cm³/mol. The van der Waals surface area contributed by atoms with Crippen LogP contribution in [0.4, 0.5) is 5.69 Å². The number of aryl methyl sites for hydroxylation is 2. The highest BCUT2D eigenvalue weighted by Gasteiger charge is 2.28. The van der Waals surface area contributed by atoms with Crippen molar-refractivity contribution in [1.82, 2.24) is 5.32 Å². The number of ether oxygens (including phenoxy) is 1. The Kier molecular flexibility index (Phi) is 7.22. The smallest absolute Gasteiger partial charge is 0.264 e. The lowest BCUT2D eigenvalue weighted by atomic mass is 10.0. The van der Waals surface area contributed by atoms with Gasteiger partial charge in [-0.2, -0.15) is 0 Å². The van der Waals surface area contributed by atoms with Crippen molar-refractivity contribution in [3.8, 4) is 5.75 Å². The number of hydrogen-bond acceptors (Lipinski definition) is 4. The van der Waals surface area contributed by atoms with Crippen LogP contribution in [0.25, 0.3) is 0 Å². The number of para-hydroxylation sites is 1. The Morgan fingerprint density at radius 2 is 1.71 bits per heavy atom. The van der Waals surface area contributed by atoms with Crippen molar-refractivity contribution in [2.45, 2.75) is 44.0 Å². The fraction of sp³-hybridized carbons (Fsp3) is 0.296. The summed E-state index contributed by atoms with van der Waals surface area (Å²) in [6.07, 6.45) is 3.33. The fourth-order valence-corrected chi connectivity index (χ4v) is 5.69. The molecule has 178 valence electrons. The van der Waals surface area contributed by atoms with Crippen molar-refractivity contribution >= 4 is 21.6 Å². The van der Waals surface area contributed by atoms with Crippen LogP contribution in [0.2, 0.25) is 0 Å². The van der Waals surface area contributed by atoms with Crippen LogP contribution >= 0.6 is 0 Å². The van der Waals surface area contributed by atoms with Crippen molar-refractivity contribution in [2.24, 2.45) is 0 Å². The Labute approximate surface area is 201 Å². The van der Waals surface area contributed by atoms with Crippen molar-refractivity contribution in [3.05, 3.63) is 89.5 Å². The standard InChI is InChI=1S/C27H30N2O4S/c1-3-33-25-14-16-26(17-15-25)34(31,32)29(24-10-5-4-6-11-24)19-27(30)28-20(2)22-13-12-21-8-7-9-23(21)18-22/h4-6,10-18,20H,3,7-9,19H2,1-2H3,(H,28,30)/t20-/m0/s1. The zero-order valence-corrected chi connectivity index (χ0v) is 20.3. The van der Waals surface area contributed by atoms with E-state index >= 15 is 0 Å². The zero-order chi connectivity index (χ0) is 24.1. The second-order valence-corrected chi connectivity index (χ2v) is 10.3. The van der Waals surface area contributed by atoms with E-state index in [9.17, 15) is 13.2 Å². The van der Waals surface area contributed by atoms with E-state index in [1.54, 1.807) is 42.5 Å². The van der Waals surface area contributed by atoms with Crippen LogP contribution in [0.5, 0.6) is 5.75 Å².